The molecular formula is C16H22N2O3. The zero-order valence-electron chi connectivity index (χ0n) is 12.7. The van der Waals surface area contributed by atoms with Gasteiger partial charge in [-0.3, -0.25) is 0 Å². The van der Waals surface area contributed by atoms with E-state index in [1.165, 1.54) is 4.90 Å². The molecule has 1 aromatic carbocycles. The van der Waals surface area contributed by atoms with E-state index >= 15 is 0 Å². The Morgan fingerprint density at radius 2 is 1.95 bits per heavy atom. The first-order valence-corrected chi connectivity index (χ1v) is 7.26. The van der Waals surface area contributed by atoms with Crippen LogP contribution in [0, 0.1) is 12.8 Å². The molecule has 1 fully saturated rings. The number of aliphatic carboxylic acids is 1. The molecule has 2 rings (SSSR count). The number of hydrogen-bond acceptors (Lipinski definition) is 2. The van der Waals surface area contributed by atoms with Gasteiger partial charge in [-0.15, -0.1) is 0 Å². The molecule has 3 unspecified atom stereocenters. The van der Waals surface area contributed by atoms with Crippen LogP contribution in [-0.4, -0.2) is 34.6 Å². The van der Waals surface area contributed by atoms with Crippen LogP contribution in [0.2, 0.25) is 0 Å². The van der Waals surface area contributed by atoms with Gasteiger partial charge in [0, 0.05) is 6.54 Å². The molecule has 0 aliphatic carbocycles. The molecule has 0 radical (unpaired) electrons. The van der Waals surface area contributed by atoms with Gasteiger partial charge in [-0.1, -0.05) is 36.8 Å². The maximum Gasteiger partial charge on any atom is 0.326 e. The number of hydrogen-bond donors (Lipinski definition) is 2. The van der Waals surface area contributed by atoms with Crippen LogP contribution in [0.25, 0.3) is 0 Å². The van der Waals surface area contributed by atoms with E-state index in [1.54, 1.807) is 0 Å². The van der Waals surface area contributed by atoms with Gasteiger partial charge >= 0.3 is 12.0 Å². The number of rotatable bonds is 3. The summed E-state index contributed by atoms with van der Waals surface area (Å²) in [5.74, 6) is -0.943. The summed E-state index contributed by atoms with van der Waals surface area (Å²) in [7, 11) is 0. The fourth-order valence-electron chi connectivity index (χ4n) is 2.76. The number of urea groups is 1. The number of amides is 2. The Morgan fingerprint density at radius 3 is 2.52 bits per heavy atom. The number of carbonyl (C=O) groups excluding carboxylic acids is 1. The largest absolute Gasteiger partial charge is 0.480 e. The molecule has 5 nitrogen and oxygen atoms in total. The van der Waals surface area contributed by atoms with Crippen molar-refractivity contribution in [2.24, 2.45) is 5.92 Å². The van der Waals surface area contributed by atoms with E-state index in [9.17, 15) is 14.7 Å². The fraction of sp³-hybridized carbons (Fsp3) is 0.500. The molecule has 1 aliphatic heterocycles. The van der Waals surface area contributed by atoms with Crippen LogP contribution in [0.15, 0.2) is 24.3 Å². The lowest BCUT2D eigenvalue weighted by atomic mass is 10.0. The van der Waals surface area contributed by atoms with Gasteiger partial charge in [0.05, 0.1) is 6.04 Å². The summed E-state index contributed by atoms with van der Waals surface area (Å²) < 4.78 is 0. The van der Waals surface area contributed by atoms with Gasteiger partial charge in [0.25, 0.3) is 0 Å². The van der Waals surface area contributed by atoms with Crippen molar-refractivity contribution < 1.29 is 14.7 Å². The van der Waals surface area contributed by atoms with Crippen LogP contribution in [0.3, 0.4) is 0 Å². The van der Waals surface area contributed by atoms with E-state index in [0.717, 1.165) is 17.5 Å². The van der Waals surface area contributed by atoms with Crippen molar-refractivity contribution in [1.82, 2.24) is 10.2 Å². The molecule has 1 saturated heterocycles. The van der Waals surface area contributed by atoms with E-state index in [2.05, 4.69) is 5.32 Å². The van der Waals surface area contributed by atoms with Crippen molar-refractivity contribution in [2.45, 2.75) is 39.3 Å². The first kappa shape index (κ1) is 15.4. The van der Waals surface area contributed by atoms with Gasteiger partial charge in [-0.25, -0.2) is 9.59 Å². The van der Waals surface area contributed by atoms with Gasteiger partial charge in [-0.2, -0.15) is 0 Å². The van der Waals surface area contributed by atoms with Crippen LogP contribution in [0.4, 0.5) is 4.79 Å². The van der Waals surface area contributed by atoms with Crippen molar-refractivity contribution in [3.8, 4) is 0 Å². The predicted octanol–water partition coefficient (Wildman–Crippen LogP) is 2.56. The summed E-state index contributed by atoms with van der Waals surface area (Å²) in [6.45, 7) is 6.27. The highest BCUT2D eigenvalue weighted by Crippen LogP contribution is 2.25. The molecule has 2 N–H and O–H groups in total. The summed E-state index contributed by atoms with van der Waals surface area (Å²) in [6, 6.07) is 6.76. The van der Waals surface area contributed by atoms with E-state index < -0.39 is 12.0 Å². The average Bonchev–Trinajstić information content (AvgIpc) is 2.81. The Morgan fingerprint density at radius 1 is 1.33 bits per heavy atom. The molecular weight excluding hydrogens is 268 g/mol. The monoisotopic (exact) mass is 290 g/mol. The molecule has 114 valence electrons. The molecule has 1 heterocycles. The topological polar surface area (TPSA) is 69.6 Å². The smallest absolute Gasteiger partial charge is 0.326 e. The molecule has 0 spiro atoms. The molecule has 2 amide bonds. The summed E-state index contributed by atoms with van der Waals surface area (Å²) in [6.07, 6.45) is 0.725. The number of benzene rings is 1. The molecule has 0 saturated carbocycles. The third kappa shape index (κ3) is 3.35. The molecule has 0 aromatic heterocycles. The minimum Gasteiger partial charge on any atom is -0.480 e. The van der Waals surface area contributed by atoms with Crippen molar-refractivity contribution in [1.29, 1.82) is 0 Å². The standard InChI is InChI=1S/C16H22N2O3/c1-10-4-6-13(7-5-10)12(3)17-16(21)18-9-8-11(2)14(18)15(19)20/h4-7,11-12,14H,8-9H2,1-3H3,(H,17,21)(H,19,20). The Balaban J connectivity index is 2.04. The average molecular weight is 290 g/mol. The minimum atomic E-state index is -0.932. The van der Waals surface area contributed by atoms with Crippen LogP contribution in [0.5, 0.6) is 0 Å². The Hall–Kier alpha value is -2.04. The molecule has 3 atom stereocenters. The second-order valence-corrected chi connectivity index (χ2v) is 5.82. The lowest BCUT2D eigenvalue weighted by Gasteiger charge is -2.26. The molecule has 21 heavy (non-hydrogen) atoms. The molecule has 0 bridgehead atoms. The first-order valence-electron chi connectivity index (χ1n) is 7.26. The van der Waals surface area contributed by atoms with E-state index in [0.29, 0.717) is 6.54 Å². The Kier molecular flexibility index (Phi) is 4.50. The second kappa shape index (κ2) is 6.16. The van der Waals surface area contributed by atoms with Crippen LogP contribution in [-0.2, 0) is 4.79 Å². The summed E-state index contributed by atoms with van der Waals surface area (Å²) in [5.41, 5.74) is 2.17. The number of carboxylic acids is 1. The SMILES string of the molecule is Cc1ccc(C(C)NC(=O)N2CCC(C)C2C(=O)O)cc1. The van der Waals surface area contributed by atoms with Gasteiger partial charge in [0.2, 0.25) is 0 Å². The predicted molar refractivity (Wildman–Crippen MR) is 80.0 cm³/mol. The fourth-order valence-corrected chi connectivity index (χ4v) is 2.76. The number of nitrogens with one attached hydrogen (secondary N) is 1. The summed E-state index contributed by atoms with van der Waals surface area (Å²) in [5, 5.41) is 12.1. The Labute approximate surface area is 125 Å². The highest BCUT2D eigenvalue weighted by atomic mass is 16.4. The van der Waals surface area contributed by atoms with Gasteiger partial charge in [0.1, 0.15) is 6.04 Å². The number of aryl methyl sites for hydroxylation is 1. The zero-order valence-corrected chi connectivity index (χ0v) is 12.7. The first-order chi connectivity index (χ1) is 9.90. The number of likely N-dealkylation sites (tertiary alicyclic amines) is 1. The van der Waals surface area contributed by atoms with Gasteiger partial charge in [0.15, 0.2) is 0 Å². The van der Waals surface area contributed by atoms with Crippen molar-refractivity contribution in [2.75, 3.05) is 6.54 Å². The normalized spacial score (nSPS) is 22.9. The van der Waals surface area contributed by atoms with E-state index in [-0.39, 0.29) is 18.0 Å². The van der Waals surface area contributed by atoms with E-state index in [4.69, 9.17) is 0 Å². The van der Waals surface area contributed by atoms with Crippen LogP contribution < -0.4 is 5.32 Å². The lowest BCUT2D eigenvalue weighted by Crippen LogP contribution is -2.48. The van der Waals surface area contributed by atoms with Gasteiger partial charge in [-0.05, 0) is 31.7 Å². The minimum absolute atomic E-state index is 0.0112. The summed E-state index contributed by atoms with van der Waals surface area (Å²) >= 11 is 0. The molecule has 5 heteroatoms. The van der Waals surface area contributed by atoms with Crippen molar-refractivity contribution in [3.05, 3.63) is 35.4 Å². The number of carboxylic acid groups (broad SMARTS) is 1. The highest BCUT2D eigenvalue weighted by Gasteiger charge is 2.39. The van der Waals surface area contributed by atoms with Crippen LogP contribution in [0.1, 0.15) is 37.4 Å². The van der Waals surface area contributed by atoms with Crippen molar-refractivity contribution >= 4 is 12.0 Å². The zero-order chi connectivity index (χ0) is 15.6. The molecule has 1 aliphatic rings. The van der Waals surface area contributed by atoms with Crippen molar-refractivity contribution in [3.63, 3.8) is 0 Å². The maximum atomic E-state index is 12.3. The lowest BCUT2D eigenvalue weighted by molar-refractivity contribution is -0.142. The third-order valence-electron chi connectivity index (χ3n) is 4.13. The molecule has 1 aromatic rings. The van der Waals surface area contributed by atoms with E-state index in [1.807, 2.05) is 45.0 Å². The van der Waals surface area contributed by atoms with Gasteiger partial charge < -0.3 is 15.3 Å². The van der Waals surface area contributed by atoms with Crippen LogP contribution >= 0.6 is 0 Å². The maximum absolute atomic E-state index is 12.3. The highest BCUT2D eigenvalue weighted by molar-refractivity contribution is 5.83. The Bertz CT molecular complexity index is 527. The third-order valence-corrected chi connectivity index (χ3v) is 4.13. The second-order valence-electron chi connectivity index (χ2n) is 5.82. The number of carbonyl (C=O) groups is 2. The quantitative estimate of drug-likeness (QED) is 0.899. The summed E-state index contributed by atoms with van der Waals surface area (Å²) in [4.78, 5) is 25.0. The number of nitrogens with zero attached hydrogens (tertiary/aromatic N) is 1.